The van der Waals surface area contributed by atoms with Crippen molar-refractivity contribution in [3.05, 3.63) is 62.3 Å². The van der Waals surface area contributed by atoms with Crippen LogP contribution in [0.5, 0.6) is 0 Å². The van der Waals surface area contributed by atoms with Crippen molar-refractivity contribution in [2.24, 2.45) is 5.41 Å². The number of rotatable bonds is 6. The van der Waals surface area contributed by atoms with Crippen LogP contribution >= 0.6 is 11.3 Å². The molecule has 0 saturated carbocycles. The molecule has 1 amide bonds. The first kappa shape index (κ1) is 20.5. The number of aromatic nitrogens is 2. The van der Waals surface area contributed by atoms with Gasteiger partial charge in [0.1, 0.15) is 11.2 Å². The maximum absolute atomic E-state index is 12.8. The Hall–Kier alpha value is -2.80. The first-order chi connectivity index (χ1) is 12.7. The summed E-state index contributed by atoms with van der Waals surface area (Å²) < 4.78 is 2.18. The number of carbonyl (C=O) groups excluding carboxylic acids is 2. The first-order valence-corrected chi connectivity index (χ1v) is 9.30. The third kappa shape index (κ3) is 5.59. The molecule has 7 heteroatoms. The number of nitrogens with one attached hydrogen (secondary N) is 1. The summed E-state index contributed by atoms with van der Waals surface area (Å²) in [5.41, 5.74) is -0.277. The smallest absolute Gasteiger partial charge is 0.269 e. The second-order valence-electron chi connectivity index (χ2n) is 6.95. The van der Waals surface area contributed by atoms with Gasteiger partial charge in [-0.1, -0.05) is 32.9 Å². The molecule has 2 heterocycles. The molecule has 0 unspecified atom stereocenters. The van der Waals surface area contributed by atoms with Crippen molar-refractivity contribution in [1.82, 2.24) is 14.9 Å². The topological polar surface area (TPSA) is 81.1 Å². The highest BCUT2D eigenvalue weighted by Crippen LogP contribution is 2.14. The number of nitrogens with zero attached hydrogens (tertiary/aromatic N) is 2. The van der Waals surface area contributed by atoms with E-state index >= 15 is 0 Å². The molecule has 0 aliphatic heterocycles. The summed E-state index contributed by atoms with van der Waals surface area (Å²) in [7, 11) is 0. The number of pyridine rings is 1. The maximum Gasteiger partial charge on any atom is 0.269 e. The van der Waals surface area contributed by atoms with Gasteiger partial charge < -0.3 is 5.32 Å². The molecule has 1 N–H and O–H groups in total. The molecule has 0 saturated heterocycles. The summed E-state index contributed by atoms with van der Waals surface area (Å²) in [5, 5.41) is 2.64. The molecule has 2 aromatic heterocycles. The van der Waals surface area contributed by atoms with Gasteiger partial charge in [0.25, 0.3) is 5.56 Å². The Morgan fingerprint density at radius 1 is 1.33 bits per heavy atom. The van der Waals surface area contributed by atoms with Gasteiger partial charge in [0.15, 0.2) is 5.78 Å². The van der Waals surface area contributed by atoms with Gasteiger partial charge in [-0.15, -0.1) is 17.9 Å². The van der Waals surface area contributed by atoms with Crippen LogP contribution in [-0.4, -0.2) is 27.8 Å². The molecule has 0 atom stereocenters. The van der Waals surface area contributed by atoms with E-state index in [9.17, 15) is 14.4 Å². The molecular formula is C20H23N3O3S. The van der Waals surface area contributed by atoms with Crippen LogP contribution in [0.25, 0.3) is 12.2 Å². The summed E-state index contributed by atoms with van der Waals surface area (Å²) in [4.78, 5) is 41.5. The van der Waals surface area contributed by atoms with E-state index in [1.807, 2.05) is 6.07 Å². The molecular weight excluding hydrogens is 362 g/mol. The highest BCUT2D eigenvalue weighted by atomic mass is 32.1. The molecule has 27 heavy (non-hydrogen) atoms. The summed E-state index contributed by atoms with van der Waals surface area (Å²) in [5.74, 6) is -0.439. The Bertz CT molecular complexity index is 1010. The number of amides is 1. The third-order valence-electron chi connectivity index (χ3n) is 3.64. The summed E-state index contributed by atoms with van der Waals surface area (Å²) in [6.45, 7) is 9.11. The van der Waals surface area contributed by atoms with Gasteiger partial charge in [-0.2, -0.15) is 0 Å². The first-order valence-electron chi connectivity index (χ1n) is 8.48. The minimum absolute atomic E-state index is 0.117. The van der Waals surface area contributed by atoms with Gasteiger partial charge in [0, 0.05) is 24.2 Å². The number of Topliss-reactive ketones (excluding diaryl/α,β-unsaturated/α-hetero) is 1. The average molecular weight is 385 g/mol. The molecule has 0 aliphatic rings. The van der Waals surface area contributed by atoms with Crippen LogP contribution in [0, 0.1) is 5.41 Å². The molecule has 0 spiro atoms. The fourth-order valence-corrected chi connectivity index (χ4v) is 3.13. The number of hydrogen-bond donors (Lipinski definition) is 1. The summed E-state index contributed by atoms with van der Waals surface area (Å²) >= 11 is 1.17. The fraction of sp³-hybridized carbons (Fsp3) is 0.300. The van der Waals surface area contributed by atoms with Crippen molar-refractivity contribution in [3.63, 3.8) is 0 Å². The van der Waals surface area contributed by atoms with Crippen LogP contribution in [0.3, 0.4) is 0 Å². The third-order valence-corrected chi connectivity index (χ3v) is 4.70. The second-order valence-corrected chi connectivity index (χ2v) is 8.01. The molecule has 2 aromatic rings. The monoisotopic (exact) mass is 385 g/mol. The molecule has 6 nitrogen and oxygen atoms in total. The Morgan fingerprint density at radius 2 is 2.07 bits per heavy atom. The van der Waals surface area contributed by atoms with Crippen molar-refractivity contribution >= 4 is 35.2 Å². The largest absolute Gasteiger partial charge is 0.351 e. The highest BCUT2D eigenvalue weighted by molar-refractivity contribution is 7.07. The van der Waals surface area contributed by atoms with Gasteiger partial charge in [0.05, 0.1) is 10.2 Å². The minimum Gasteiger partial charge on any atom is -0.351 e. The predicted molar refractivity (Wildman–Crippen MR) is 108 cm³/mol. The van der Waals surface area contributed by atoms with E-state index in [4.69, 9.17) is 0 Å². The zero-order valence-corrected chi connectivity index (χ0v) is 16.5. The van der Waals surface area contributed by atoms with Gasteiger partial charge >= 0.3 is 0 Å². The van der Waals surface area contributed by atoms with Gasteiger partial charge in [-0.05, 0) is 18.2 Å². The Kier molecular flexibility index (Phi) is 6.63. The van der Waals surface area contributed by atoms with Crippen LogP contribution in [0.1, 0.15) is 26.5 Å². The average Bonchev–Trinajstić information content (AvgIpc) is 2.89. The lowest BCUT2D eigenvalue weighted by Crippen LogP contribution is -2.38. The minimum atomic E-state index is -0.583. The van der Waals surface area contributed by atoms with Crippen LogP contribution in [0.4, 0.5) is 0 Å². The molecule has 2 rings (SSSR count). The molecule has 0 aromatic carbocycles. The zero-order chi connectivity index (χ0) is 20.0. The molecule has 0 bridgehead atoms. The van der Waals surface area contributed by atoms with E-state index in [0.717, 1.165) is 0 Å². The Balaban J connectivity index is 2.58. The highest BCUT2D eigenvalue weighted by Gasteiger charge is 2.20. The van der Waals surface area contributed by atoms with Crippen LogP contribution < -0.4 is 20.1 Å². The number of carbonyl (C=O) groups is 2. The van der Waals surface area contributed by atoms with Crippen LogP contribution in [0.15, 0.2) is 41.8 Å². The normalized spacial score (nSPS) is 12.9. The quantitative estimate of drug-likeness (QED) is 0.747. The van der Waals surface area contributed by atoms with Crippen molar-refractivity contribution in [3.8, 4) is 0 Å². The standard InChI is InChI=1S/C20H23N3O3S/c1-5-9-22-17(25)13-23-18(12-16(24)20(2,3)4)27-15(19(23)26)11-14-8-6-7-10-21-14/h5-8,10-12H,1,9,13H2,2-4H3,(H,22,25)/b15-11+,18-12-. The lowest BCUT2D eigenvalue weighted by atomic mass is 9.91. The SMILES string of the molecule is C=CCNC(=O)Cn1c(=O)/c(=C\c2ccccn2)s/c1=C\C(=O)C(C)(C)C. The predicted octanol–water partition coefficient (Wildman–Crippen LogP) is 0.832. The van der Waals surface area contributed by atoms with Gasteiger partial charge in [0.2, 0.25) is 5.91 Å². The number of thiazole rings is 1. The van der Waals surface area contributed by atoms with Crippen molar-refractivity contribution in [2.45, 2.75) is 27.3 Å². The van der Waals surface area contributed by atoms with E-state index in [-0.39, 0.29) is 23.8 Å². The lowest BCUT2D eigenvalue weighted by molar-refractivity contribution is -0.122. The van der Waals surface area contributed by atoms with Crippen molar-refractivity contribution in [1.29, 1.82) is 0 Å². The number of hydrogen-bond acceptors (Lipinski definition) is 5. The number of ketones is 1. The van der Waals surface area contributed by atoms with Crippen LogP contribution in [0.2, 0.25) is 0 Å². The van der Waals surface area contributed by atoms with Crippen molar-refractivity contribution in [2.75, 3.05) is 6.54 Å². The van der Waals surface area contributed by atoms with E-state index in [0.29, 0.717) is 21.4 Å². The van der Waals surface area contributed by atoms with Gasteiger partial charge in [-0.25, -0.2) is 0 Å². The fourth-order valence-electron chi connectivity index (χ4n) is 2.10. The van der Waals surface area contributed by atoms with Crippen molar-refractivity contribution < 1.29 is 9.59 Å². The lowest BCUT2D eigenvalue weighted by Gasteiger charge is -2.12. The van der Waals surface area contributed by atoms with E-state index in [1.54, 1.807) is 51.3 Å². The Morgan fingerprint density at radius 3 is 2.67 bits per heavy atom. The molecule has 142 valence electrons. The van der Waals surface area contributed by atoms with E-state index in [1.165, 1.54) is 22.0 Å². The zero-order valence-electron chi connectivity index (χ0n) is 15.7. The van der Waals surface area contributed by atoms with E-state index < -0.39 is 5.41 Å². The van der Waals surface area contributed by atoms with Crippen LogP contribution in [-0.2, 0) is 16.1 Å². The van der Waals surface area contributed by atoms with Gasteiger partial charge in [-0.3, -0.25) is 23.9 Å². The maximum atomic E-state index is 12.8. The second kappa shape index (κ2) is 8.73. The molecule has 0 fully saturated rings. The van der Waals surface area contributed by atoms with E-state index in [2.05, 4.69) is 16.9 Å². The Labute approximate surface area is 161 Å². The molecule has 0 aliphatic carbocycles. The molecule has 0 radical (unpaired) electrons. The summed E-state index contributed by atoms with van der Waals surface area (Å²) in [6, 6.07) is 5.39. The summed E-state index contributed by atoms with van der Waals surface area (Å²) in [6.07, 6.45) is 6.29.